The molecule has 0 aromatic carbocycles. The number of amides is 2. The molecule has 0 aliphatic carbocycles. The molecule has 4 rings (SSSR count). The van der Waals surface area contributed by atoms with Gasteiger partial charge in [0.05, 0.1) is 6.54 Å². The van der Waals surface area contributed by atoms with Crippen molar-refractivity contribution < 1.29 is 37.2 Å². The fourth-order valence-electron chi connectivity index (χ4n) is 4.44. The van der Waals surface area contributed by atoms with Crippen LogP contribution < -0.4 is 0 Å². The number of aliphatic carboxylic acids is 1. The van der Waals surface area contributed by atoms with Crippen molar-refractivity contribution in [2.24, 2.45) is 0 Å². The van der Waals surface area contributed by atoms with Gasteiger partial charge in [0.2, 0.25) is 5.91 Å². The van der Waals surface area contributed by atoms with Gasteiger partial charge in [0.15, 0.2) is 5.69 Å². The smallest absolute Gasteiger partial charge is 0.475 e. The van der Waals surface area contributed by atoms with Crippen molar-refractivity contribution >= 4 is 17.8 Å². The van der Waals surface area contributed by atoms with Crippen LogP contribution in [-0.4, -0.2) is 93.7 Å². The van der Waals surface area contributed by atoms with E-state index in [1.165, 1.54) is 0 Å². The highest BCUT2D eigenvalue weighted by atomic mass is 19.4. The van der Waals surface area contributed by atoms with E-state index in [0.717, 1.165) is 58.3 Å². The summed E-state index contributed by atoms with van der Waals surface area (Å²) in [6.07, 6.45) is 0.243. The number of carboxylic acids is 1. The Morgan fingerprint density at radius 1 is 1.09 bits per heavy atom. The molecule has 9 nitrogen and oxygen atoms in total. The normalized spacial score (nSPS) is 23.5. The van der Waals surface area contributed by atoms with Crippen molar-refractivity contribution in [3.63, 3.8) is 0 Å². The highest BCUT2D eigenvalue weighted by molar-refractivity contribution is 5.92. The van der Waals surface area contributed by atoms with Crippen LogP contribution in [0.3, 0.4) is 0 Å². The van der Waals surface area contributed by atoms with Gasteiger partial charge in [-0.15, -0.1) is 0 Å². The number of alkyl halides is 3. The van der Waals surface area contributed by atoms with Crippen LogP contribution in [0.4, 0.5) is 13.2 Å². The number of nitrogens with zero attached hydrogens (tertiary/aromatic N) is 4. The first kappa shape index (κ1) is 24.0. The number of carbonyl (C=O) groups is 3. The lowest BCUT2D eigenvalue weighted by molar-refractivity contribution is -0.192. The SMILES string of the molecule is Cc1cc(C(=O)N2CCCC3(CCN3CC(=O)N3CCCC3)C2)no1.O=C(O)C(F)(F)F. The minimum Gasteiger partial charge on any atom is -0.475 e. The number of aromatic nitrogens is 1. The Hall–Kier alpha value is -2.63. The van der Waals surface area contributed by atoms with Crippen LogP contribution in [0.25, 0.3) is 0 Å². The fraction of sp³-hybridized carbons (Fsp3) is 0.700. The van der Waals surface area contributed by atoms with Crippen LogP contribution in [-0.2, 0) is 9.59 Å². The van der Waals surface area contributed by atoms with Crippen LogP contribution in [0, 0.1) is 6.92 Å². The molecule has 3 aliphatic rings. The van der Waals surface area contributed by atoms with E-state index in [1.807, 2.05) is 9.80 Å². The summed E-state index contributed by atoms with van der Waals surface area (Å²) in [4.78, 5) is 40.2. The molecule has 1 unspecified atom stereocenters. The molecule has 1 atom stereocenters. The molecule has 3 fully saturated rings. The van der Waals surface area contributed by atoms with Gasteiger partial charge in [-0.1, -0.05) is 5.16 Å². The quantitative estimate of drug-likeness (QED) is 0.734. The predicted octanol–water partition coefficient (Wildman–Crippen LogP) is 1.92. The molecule has 1 aromatic rings. The third-order valence-corrected chi connectivity index (χ3v) is 6.23. The van der Waals surface area contributed by atoms with E-state index in [-0.39, 0.29) is 17.4 Å². The van der Waals surface area contributed by atoms with Crippen molar-refractivity contribution in [2.75, 3.05) is 39.3 Å². The minimum absolute atomic E-state index is 0.0257. The standard InChI is InChI=1S/C18H26N4O3.C2HF3O2/c1-14-11-15(19-25-14)17(24)21-9-4-5-18(13-21)6-10-22(18)12-16(23)20-7-2-3-8-20;3-2(4,5)1(6)7/h11H,2-10,12-13H2,1H3;(H,6,7). The molecule has 0 radical (unpaired) electrons. The maximum absolute atomic E-state index is 12.7. The predicted molar refractivity (Wildman–Crippen MR) is 105 cm³/mol. The average Bonchev–Trinajstić information content (AvgIpc) is 3.42. The van der Waals surface area contributed by atoms with E-state index >= 15 is 0 Å². The third kappa shape index (κ3) is 5.40. The lowest BCUT2D eigenvalue weighted by atomic mass is 9.77. The first-order valence-electron chi connectivity index (χ1n) is 10.6. The maximum Gasteiger partial charge on any atom is 0.490 e. The second-order valence-corrected chi connectivity index (χ2v) is 8.44. The highest BCUT2D eigenvalue weighted by Gasteiger charge is 2.49. The maximum atomic E-state index is 12.7. The minimum atomic E-state index is -5.08. The number of likely N-dealkylation sites (tertiary alicyclic amines) is 3. The highest BCUT2D eigenvalue weighted by Crippen LogP contribution is 2.39. The third-order valence-electron chi connectivity index (χ3n) is 6.23. The molecule has 2 amide bonds. The van der Waals surface area contributed by atoms with E-state index in [4.69, 9.17) is 14.4 Å². The van der Waals surface area contributed by atoms with Crippen molar-refractivity contribution in [1.29, 1.82) is 0 Å². The van der Waals surface area contributed by atoms with Gasteiger partial charge in [0.25, 0.3) is 5.91 Å². The molecule has 0 bridgehead atoms. The summed E-state index contributed by atoms with van der Waals surface area (Å²) in [6.45, 7) is 6.46. The number of carboxylic acid groups (broad SMARTS) is 1. The Kier molecular flexibility index (Phi) is 7.11. The summed E-state index contributed by atoms with van der Waals surface area (Å²) in [6, 6.07) is 1.69. The van der Waals surface area contributed by atoms with E-state index in [2.05, 4.69) is 10.1 Å². The molecule has 4 heterocycles. The second-order valence-electron chi connectivity index (χ2n) is 8.44. The number of hydrogen-bond acceptors (Lipinski definition) is 6. The van der Waals surface area contributed by atoms with Crippen molar-refractivity contribution in [3.05, 3.63) is 17.5 Å². The van der Waals surface area contributed by atoms with E-state index in [0.29, 0.717) is 24.5 Å². The summed E-state index contributed by atoms with van der Waals surface area (Å²) in [7, 11) is 0. The summed E-state index contributed by atoms with van der Waals surface area (Å²) in [5.74, 6) is -1.93. The zero-order chi connectivity index (χ0) is 23.5. The number of halogens is 3. The number of aryl methyl sites for hydroxylation is 1. The molecule has 1 N–H and O–H groups in total. The monoisotopic (exact) mass is 460 g/mol. The Morgan fingerprint density at radius 2 is 1.72 bits per heavy atom. The molecule has 12 heteroatoms. The van der Waals surface area contributed by atoms with E-state index in [9.17, 15) is 22.8 Å². The summed E-state index contributed by atoms with van der Waals surface area (Å²) in [5.41, 5.74) is 0.357. The fourth-order valence-corrected chi connectivity index (χ4v) is 4.44. The van der Waals surface area contributed by atoms with Gasteiger partial charge in [0, 0.05) is 44.3 Å². The van der Waals surface area contributed by atoms with Gasteiger partial charge in [-0.05, 0) is 39.0 Å². The zero-order valence-corrected chi connectivity index (χ0v) is 17.9. The Bertz CT molecular complexity index is 853. The second kappa shape index (κ2) is 9.47. The Labute approximate surface area is 183 Å². The molecular formula is C20H27F3N4O5. The van der Waals surface area contributed by atoms with Crippen molar-refractivity contribution in [3.8, 4) is 0 Å². The van der Waals surface area contributed by atoms with Gasteiger partial charge in [-0.3, -0.25) is 14.5 Å². The number of piperidine rings is 1. The topological polar surface area (TPSA) is 107 Å². The summed E-state index contributed by atoms with van der Waals surface area (Å²) >= 11 is 0. The van der Waals surface area contributed by atoms with E-state index in [1.54, 1.807) is 13.0 Å². The van der Waals surface area contributed by atoms with Crippen LogP contribution in [0.2, 0.25) is 0 Å². The molecule has 32 heavy (non-hydrogen) atoms. The lowest BCUT2D eigenvalue weighted by Gasteiger charge is -2.57. The van der Waals surface area contributed by atoms with Crippen molar-refractivity contribution in [2.45, 2.75) is 50.7 Å². The van der Waals surface area contributed by atoms with Crippen molar-refractivity contribution in [1.82, 2.24) is 19.9 Å². The van der Waals surface area contributed by atoms with Gasteiger partial charge in [-0.2, -0.15) is 13.2 Å². The van der Waals surface area contributed by atoms with Gasteiger partial charge >= 0.3 is 12.1 Å². The molecule has 3 aliphatic heterocycles. The molecular weight excluding hydrogens is 433 g/mol. The van der Waals surface area contributed by atoms with Crippen LogP contribution in [0.5, 0.6) is 0 Å². The van der Waals surface area contributed by atoms with Gasteiger partial charge in [-0.25, -0.2) is 4.79 Å². The molecule has 1 aromatic heterocycles. The molecule has 178 valence electrons. The van der Waals surface area contributed by atoms with Crippen LogP contribution in [0.15, 0.2) is 10.6 Å². The zero-order valence-electron chi connectivity index (χ0n) is 17.9. The average molecular weight is 460 g/mol. The first-order valence-corrected chi connectivity index (χ1v) is 10.6. The van der Waals surface area contributed by atoms with Crippen LogP contribution >= 0.6 is 0 Å². The summed E-state index contributed by atoms with van der Waals surface area (Å²) in [5, 5.41) is 11.0. The van der Waals surface area contributed by atoms with Gasteiger partial charge < -0.3 is 19.4 Å². The lowest BCUT2D eigenvalue weighted by Crippen LogP contribution is -2.68. The largest absolute Gasteiger partial charge is 0.490 e. The number of rotatable bonds is 3. The Morgan fingerprint density at radius 3 is 2.22 bits per heavy atom. The molecule has 1 spiro atoms. The van der Waals surface area contributed by atoms with Crippen LogP contribution in [0.1, 0.15) is 48.4 Å². The first-order chi connectivity index (χ1) is 15.0. The number of hydrogen-bond donors (Lipinski definition) is 1. The summed E-state index contributed by atoms with van der Waals surface area (Å²) < 4.78 is 36.8. The molecule has 0 saturated carbocycles. The van der Waals surface area contributed by atoms with E-state index < -0.39 is 12.1 Å². The Balaban J connectivity index is 0.000000360. The number of carbonyl (C=O) groups excluding carboxylic acids is 2. The van der Waals surface area contributed by atoms with Gasteiger partial charge in [0.1, 0.15) is 5.76 Å². The molecule has 3 saturated heterocycles.